The Balaban J connectivity index is 1.15. The number of amides is 2. The number of aliphatic imine (C=N–C) groups is 1. The Morgan fingerprint density at radius 1 is 0.796 bits per heavy atom. The van der Waals surface area contributed by atoms with Crippen LogP contribution in [0.5, 0.6) is 0 Å². The van der Waals surface area contributed by atoms with Crippen molar-refractivity contribution in [3.8, 4) is 17.1 Å². The van der Waals surface area contributed by atoms with Crippen LogP contribution in [-0.4, -0.2) is 43.8 Å². The molecule has 0 radical (unpaired) electrons. The Hall–Kier alpha value is -5.75. The van der Waals surface area contributed by atoms with E-state index in [0.717, 1.165) is 45.3 Å². The van der Waals surface area contributed by atoms with Crippen LogP contribution in [0.2, 0.25) is 0 Å². The molecule has 0 saturated heterocycles. The molecule has 2 N–H and O–H groups in total. The van der Waals surface area contributed by atoms with Crippen molar-refractivity contribution in [2.75, 3.05) is 11.3 Å². The van der Waals surface area contributed by atoms with Crippen LogP contribution in [0.15, 0.2) is 108 Å². The molecule has 0 unspecified atom stereocenters. The van der Waals surface area contributed by atoms with Gasteiger partial charge in [0, 0.05) is 11.3 Å². The molecule has 0 saturated carbocycles. The van der Waals surface area contributed by atoms with Gasteiger partial charge in [0.1, 0.15) is 18.9 Å². The fraction of sp³-hybridized carbons (Fsp3) is 0.189. The van der Waals surface area contributed by atoms with E-state index >= 15 is 0 Å². The predicted molar refractivity (Wildman–Crippen MR) is 191 cm³/mol. The number of hydrogen-bond donors (Lipinski definition) is 2. The van der Waals surface area contributed by atoms with Gasteiger partial charge in [-0.2, -0.15) is 0 Å². The third-order valence-corrected chi connectivity index (χ3v) is 7.96. The number of urea groups is 1. The summed E-state index contributed by atoms with van der Waals surface area (Å²) in [6.45, 7) is 6.01. The molecule has 0 spiro atoms. The number of carbonyl (C=O) groups is 3. The molecule has 11 nitrogen and oxygen atoms in total. The Labute approximate surface area is 288 Å². The second-order valence-electron chi connectivity index (χ2n) is 11.1. The van der Waals surface area contributed by atoms with Crippen molar-refractivity contribution in [2.45, 2.75) is 40.2 Å². The fourth-order valence-corrected chi connectivity index (χ4v) is 5.22. The number of nitrogens with one attached hydrogen (secondary N) is 2. The lowest BCUT2D eigenvalue weighted by molar-refractivity contribution is -0.150. The van der Waals surface area contributed by atoms with Gasteiger partial charge in [0.25, 0.3) is 0 Å². The molecule has 0 aliphatic carbocycles. The lowest BCUT2D eigenvalue weighted by Crippen LogP contribution is -2.33. The lowest BCUT2D eigenvalue weighted by atomic mass is 10.1. The molecule has 2 amide bonds. The van der Waals surface area contributed by atoms with Gasteiger partial charge >= 0.3 is 18.0 Å². The van der Waals surface area contributed by atoms with Crippen molar-refractivity contribution in [1.82, 2.24) is 20.1 Å². The SMILES string of the molecule is Cc1ccc(-n2cnc(-c3ccc(NC(=O)NC(=Nc4c(C)cccc4C)SCOC(=O)CCC(=O)OCc4ccccc4)cc3)n2)cc1. The van der Waals surface area contributed by atoms with Crippen molar-refractivity contribution < 1.29 is 23.9 Å². The zero-order valence-electron chi connectivity index (χ0n) is 27.4. The van der Waals surface area contributed by atoms with E-state index in [-0.39, 0.29) is 30.6 Å². The van der Waals surface area contributed by atoms with Gasteiger partial charge < -0.3 is 14.8 Å². The first-order valence-electron chi connectivity index (χ1n) is 15.5. The second kappa shape index (κ2) is 16.9. The number of para-hydroxylation sites is 1. The van der Waals surface area contributed by atoms with Gasteiger partial charge in [0.2, 0.25) is 0 Å². The molecular weight excluding hydrogens is 641 g/mol. The van der Waals surface area contributed by atoms with Crippen molar-refractivity contribution in [2.24, 2.45) is 4.99 Å². The number of ether oxygens (including phenoxy) is 2. The van der Waals surface area contributed by atoms with E-state index in [0.29, 0.717) is 17.2 Å². The van der Waals surface area contributed by atoms with Gasteiger partial charge in [0.15, 0.2) is 11.0 Å². The highest BCUT2D eigenvalue weighted by atomic mass is 32.2. The lowest BCUT2D eigenvalue weighted by Gasteiger charge is -2.12. The maximum atomic E-state index is 13.1. The summed E-state index contributed by atoms with van der Waals surface area (Å²) in [5, 5.41) is 10.4. The van der Waals surface area contributed by atoms with Crippen molar-refractivity contribution >= 4 is 46.3 Å². The van der Waals surface area contributed by atoms with E-state index in [2.05, 4.69) is 25.7 Å². The number of amidine groups is 1. The summed E-state index contributed by atoms with van der Waals surface area (Å²) < 4.78 is 12.3. The topological polar surface area (TPSA) is 137 Å². The highest BCUT2D eigenvalue weighted by Crippen LogP contribution is 2.25. The van der Waals surface area contributed by atoms with E-state index in [1.165, 1.54) is 0 Å². The standard InChI is InChI=1S/C37H36N6O5S/c1-25-12-18-31(19-13-25)43-23-38-35(42-43)29-14-16-30(17-15-29)39-36(46)41-37(40-34-26(2)8-7-9-27(34)3)49-24-48-33(45)21-20-32(44)47-22-28-10-5-4-6-11-28/h4-19,23H,20-22,24H2,1-3H3,(H2,39,40,41,46). The van der Waals surface area contributed by atoms with E-state index in [9.17, 15) is 14.4 Å². The third-order valence-electron chi connectivity index (χ3n) is 7.26. The van der Waals surface area contributed by atoms with Crippen molar-refractivity contribution in [3.63, 3.8) is 0 Å². The van der Waals surface area contributed by atoms with Crippen LogP contribution in [0.1, 0.15) is 35.1 Å². The number of aryl methyl sites for hydroxylation is 3. The van der Waals surface area contributed by atoms with E-state index in [1.807, 2.05) is 106 Å². The number of esters is 2. The Kier molecular flexibility index (Phi) is 11.9. The number of nitrogens with zero attached hydrogens (tertiary/aromatic N) is 4. The summed E-state index contributed by atoms with van der Waals surface area (Å²) in [6.07, 6.45) is 1.42. The van der Waals surface area contributed by atoms with Crippen molar-refractivity contribution in [1.29, 1.82) is 0 Å². The molecule has 5 rings (SSSR count). The van der Waals surface area contributed by atoms with Gasteiger partial charge in [-0.15, -0.1) is 5.10 Å². The molecule has 0 aliphatic rings. The third kappa shape index (κ3) is 10.4. The molecule has 0 fully saturated rings. The van der Waals surface area contributed by atoms with Gasteiger partial charge in [0.05, 0.1) is 24.2 Å². The monoisotopic (exact) mass is 676 g/mol. The average molecular weight is 677 g/mol. The number of rotatable bonds is 11. The van der Waals surface area contributed by atoms with Crippen LogP contribution in [-0.2, 0) is 25.7 Å². The van der Waals surface area contributed by atoms with Gasteiger partial charge in [-0.05, 0) is 85.6 Å². The highest BCUT2D eigenvalue weighted by Gasteiger charge is 2.14. The quantitative estimate of drug-likeness (QED) is 0.0638. The number of anilines is 1. The van der Waals surface area contributed by atoms with Crippen LogP contribution in [0.25, 0.3) is 17.1 Å². The van der Waals surface area contributed by atoms with Crippen LogP contribution < -0.4 is 10.6 Å². The molecule has 4 aromatic carbocycles. The number of thioether (sulfide) groups is 1. The normalized spacial score (nSPS) is 11.1. The first-order chi connectivity index (χ1) is 23.7. The Bertz CT molecular complexity index is 1910. The van der Waals surface area contributed by atoms with E-state index < -0.39 is 18.0 Å². The largest absolute Gasteiger partial charge is 0.461 e. The minimum atomic E-state index is -0.571. The number of benzene rings is 4. The molecule has 0 bridgehead atoms. The number of hydrogen-bond acceptors (Lipinski definition) is 9. The Morgan fingerprint density at radius 2 is 1.47 bits per heavy atom. The smallest absolute Gasteiger partial charge is 0.325 e. The minimum absolute atomic E-state index is 0.107. The first-order valence-corrected chi connectivity index (χ1v) is 16.5. The van der Waals surface area contributed by atoms with Gasteiger partial charge in [-0.25, -0.2) is 19.5 Å². The number of carbonyl (C=O) groups excluding carboxylic acids is 3. The summed E-state index contributed by atoms with van der Waals surface area (Å²) in [5.74, 6) is -0.642. The highest BCUT2D eigenvalue weighted by molar-refractivity contribution is 8.13. The summed E-state index contributed by atoms with van der Waals surface area (Å²) in [4.78, 5) is 46.6. The average Bonchev–Trinajstić information content (AvgIpc) is 3.59. The maximum absolute atomic E-state index is 13.1. The molecule has 1 heterocycles. The second-order valence-corrected chi connectivity index (χ2v) is 12.0. The molecule has 12 heteroatoms. The van der Waals surface area contributed by atoms with E-state index in [4.69, 9.17) is 9.47 Å². The van der Waals surface area contributed by atoms with Gasteiger partial charge in [-0.3, -0.25) is 14.9 Å². The Morgan fingerprint density at radius 3 is 2.16 bits per heavy atom. The minimum Gasteiger partial charge on any atom is -0.461 e. The fourth-order valence-electron chi connectivity index (χ4n) is 4.60. The van der Waals surface area contributed by atoms with Crippen LogP contribution in [0.4, 0.5) is 16.2 Å². The molecule has 0 aliphatic heterocycles. The zero-order valence-corrected chi connectivity index (χ0v) is 28.2. The molecule has 250 valence electrons. The van der Waals surface area contributed by atoms with Crippen molar-refractivity contribution in [3.05, 3.63) is 126 Å². The van der Waals surface area contributed by atoms with E-state index in [1.54, 1.807) is 23.1 Å². The summed E-state index contributed by atoms with van der Waals surface area (Å²) in [6, 6.07) is 29.7. The molecule has 49 heavy (non-hydrogen) atoms. The molecule has 0 atom stereocenters. The summed E-state index contributed by atoms with van der Waals surface area (Å²) in [7, 11) is 0. The molecule has 1 aromatic heterocycles. The van der Waals surface area contributed by atoms with Crippen LogP contribution in [0.3, 0.4) is 0 Å². The summed E-state index contributed by atoms with van der Waals surface area (Å²) >= 11 is 1.04. The maximum Gasteiger partial charge on any atom is 0.325 e. The van der Waals surface area contributed by atoms with Crippen LogP contribution >= 0.6 is 11.8 Å². The summed E-state index contributed by atoms with van der Waals surface area (Å²) in [5.41, 5.74) is 6.79. The zero-order chi connectivity index (χ0) is 34.6. The number of aromatic nitrogens is 3. The first kappa shape index (κ1) is 34.6. The molecule has 5 aromatic rings. The predicted octanol–water partition coefficient (Wildman–Crippen LogP) is 7.43. The van der Waals surface area contributed by atoms with Crippen LogP contribution in [0, 0.1) is 20.8 Å². The molecular formula is C37H36N6O5S. The van der Waals surface area contributed by atoms with Gasteiger partial charge in [-0.1, -0.05) is 66.2 Å².